The zero-order valence-corrected chi connectivity index (χ0v) is 17.4. The summed E-state index contributed by atoms with van der Waals surface area (Å²) in [7, 11) is 1.64. The molecule has 7 heteroatoms. The Hall–Kier alpha value is -2.28. The average molecular weight is 403 g/mol. The van der Waals surface area contributed by atoms with Crippen molar-refractivity contribution in [1.29, 1.82) is 0 Å². The van der Waals surface area contributed by atoms with E-state index in [1.165, 1.54) is 31.3 Å². The molecular formula is C21H30N4O2S. The molecule has 1 aliphatic heterocycles. The molecule has 1 fully saturated rings. The topological polar surface area (TPSA) is 56.8 Å². The van der Waals surface area contributed by atoms with Crippen LogP contribution in [0.3, 0.4) is 0 Å². The molecule has 28 heavy (non-hydrogen) atoms. The SMILES string of the molecule is COc1ccc(CNC(=O)N2CCCN2C(=S)NCCC2=CCCCC2)cc1. The number of nitrogens with one attached hydrogen (secondary N) is 2. The molecule has 3 rings (SSSR count). The number of urea groups is 1. The molecule has 1 aliphatic carbocycles. The number of hydrogen-bond acceptors (Lipinski definition) is 3. The normalized spacial score (nSPS) is 16.5. The van der Waals surface area contributed by atoms with Crippen molar-refractivity contribution in [2.75, 3.05) is 26.7 Å². The first kappa shape index (κ1) is 20.5. The fourth-order valence-electron chi connectivity index (χ4n) is 3.60. The summed E-state index contributed by atoms with van der Waals surface area (Å²) in [5.41, 5.74) is 2.55. The summed E-state index contributed by atoms with van der Waals surface area (Å²) in [6.07, 6.45) is 9.32. The first-order valence-electron chi connectivity index (χ1n) is 10.1. The second-order valence-electron chi connectivity index (χ2n) is 7.20. The van der Waals surface area contributed by atoms with E-state index in [1.807, 2.05) is 29.3 Å². The molecule has 1 aromatic rings. The van der Waals surface area contributed by atoms with Gasteiger partial charge in [-0.25, -0.2) is 9.80 Å². The maximum Gasteiger partial charge on any atom is 0.336 e. The number of thiocarbonyl (C=S) groups is 1. The number of carbonyl (C=O) groups excluding carboxylic acids is 1. The number of methoxy groups -OCH3 is 1. The number of hydrazine groups is 1. The summed E-state index contributed by atoms with van der Waals surface area (Å²) in [6.45, 7) is 2.75. The lowest BCUT2D eigenvalue weighted by molar-refractivity contribution is 0.124. The second-order valence-corrected chi connectivity index (χ2v) is 7.58. The third-order valence-corrected chi connectivity index (χ3v) is 5.57. The van der Waals surface area contributed by atoms with E-state index < -0.39 is 0 Å². The molecule has 0 unspecified atom stereocenters. The van der Waals surface area contributed by atoms with Gasteiger partial charge in [0.05, 0.1) is 7.11 Å². The second kappa shape index (κ2) is 10.3. The van der Waals surface area contributed by atoms with E-state index in [4.69, 9.17) is 17.0 Å². The Balaban J connectivity index is 1.44. The Labute approximate surface area is 172 Å². The summed E-state index contributed by atoms with van der Waals surface area (Å²) >= 11 is 5.54. The molecule has 1 saturated heterocycles. The average Bonchev–Trinajstić information content (AvgIpc) is 3.23. The highest BCUT2D eigenvalue weighted by atomic mass is 32.1. The number of carbonyl (C=O) groups is 1. The van der Waals surface area contributed by atoms with Crippen molar-refractivity contribution in [3.05, 3.63) is 41.5 Å². The third-order valence-electron chi connectivity index (χ3n) is 5.21. The highest BCUT2D eigenvalue weighted by Crippen LogP contribution is 2.19. The number of ether oxygens (including phenoxy) is 1. The van der Waals surface area contributed by atoms with Crippen LogP contribution in [0.1, 0.15) is 44.1 Å². The molecule has 0 aromatic heterocycles. The van der Waals surface area contributed by atoms with E-state index in [0.717, 1.165) is 37.2 Å². The molecule has 0 radical (unpaired) electrons. The highest BCUT2D eigenvalue weighted by molar-refractivity contribution is 7.80. The van der Waals surface area contributed by atoms with Crippen molar-refractivity contribution in [2.45, 2.75) is 45.1 Å². The van der Waals surface area contributed by atoms with Crippen LogP contribution < -0.4 is 15.4 Å². The first-order chi connectivity index (χ1) is 13.7. The largest absolute Gasteiger partial charge is 0.497 e. The van der Waals surface area contributed by atoms with Gasteiger partial charge in [0.25, 0.3) is 0 Å². The lowest BCUT2D eigenvalue weighted by Gasteiger charge is -2.30. The van der Waals surface area contributed by atoms with Crippen molar-refractivity contribution in [2.24, 2.45) is 0 Å². The molecule has 0 atom stereocenters. The maximum atomic E-state index is 12.6. The Bertz CT molecular complexity index is 705. The molecule has 6 nitrogen and oxygen atoms in total. The minimum atomic E-state index is -0.118. The van der Waals surface area contributed by atoms with Gasteiger partial charge in [0, 0.05) is 26.2 Å². The van der Waals surface area contributed by atoms with Gasteiger partial charge in [-0.1, -0.05) is 23.8 Å². The Morgan fingerprint density at radius 3 is 2.61 bits per heavy atom. The quantitative estimate of drug-likeness (QED) is 0.563. The van der Waals surface area contributed by atoms with Crippen LogP contribution in [0.2, 0.25) is 0 Å². The Morgan fingerprint density at radius 2 is 1.89 bits per heavy atom. The van der Waals surface area contributed by atoms with Gasteiger partial charge >= 0.3 is 6.03 Å². The molecule has 2 N–H and O–H groups in total. The van der Waals surface area contributed by atoms with Crippen molar-refractivity contribution in [1.82, 2.24) is 20.7 Å². The van der Waals surface area contributed by atoms with Gasteiger partial charge in [-0.15, -0.1) is 0 Å². The van der Waals surface area contributed by atoms with Gasteiger partial charge in [-0.3, -0.25) is 5.01 Å². The van der Waals surface area contributed by atoms with Crippen LogP contribution in [-0.4, -0.2) is 47.9 Å². The lowest BCUT2D eigenvalue weighted by Crippen LogP contribution is -2.52. The van der Waals surface area contributed by atoms with Crippen molar-refractivity contribution in [3.63, 3.8) is 0 Å². The maximum absolute atomic E-state index is 12.6. The predicted octanol–water partition coefficient (Wildman–Crippen LogP) is 3.59. The smallest absolute Gasteiger partial charge is 0.336 e. The summed E-state index contributed by atoms with van der Waals surface area (Å²) in [5, 5.41) is 10.5. The van der Waals surface area contributed by atoms with Gasteiger partial charge in [0.15, 0.2) is 5.11 Å². The van der Waals surface area contributed by atoms with E-state index >= 15 is 0 Å². The fraction of sp³-hybridized carbons (Fsp3) is 0.524. The summed E-state index contributed by atoms with van der Waals surface area (Å²) in [6, 6.07) is 7.57. The van der Waals surface area contributed by atoms with E-state index in [9.17, 15) is 4.79 Å². The van der Waals surface area contributed by atoms with Crippen LogP contribution >= 0.6 is 12.2 Å². The van der Waals surface area contributed by atoms with Crippen LogP contribution in [0.5, 0.6) is 5.75 Å². The first-order valence-corrected chi connectivity index (χ1v) is 10.5. The molecule has 2 amide bonds. The molecule has 1 heterocycles. The minimum Gasteiger partial charge on any atom is -0.497 e. The molecule has 152 valence electrons. The number of allylic oxidation sites excluding steroid dienone is 1. The lowest BCUT2D eigenvalue weighted by atomic mass is 9.97. The molecular weight excluding hydrogens is 372 g/mol. The summed E-state index contributed by atoms with van der Waals surface area (Å²) in [5.74, 6) is 0.807. The van der Waals surface area contributed by atoms with Crippen LogP contribution in [0.25, 0.3) is 0 Å². The molecule has 0 bridgehead atoms. The van der Waals surface area contributed by atoms with E-state index in [0.29, 0.717) is 18.2 Å². The predicted molar refractivity (Wildman–Crippen MR) is 115 cm³/mol. The molecule has 0 spiro atoms. The summed E-state index contributed by atoms with van der Waals surface area (Å²) < 4.78 is 5.16. The van der Waals surface area contributed by atoms with Gasteiger partial charge < -0.3 is 15.4 Å². The Morgan fingerprint density at radius 1 is 1.11 bits per heavy atom. The number of hydrogen-bond donors (Lipinski definition) is 2. The summed E-state index contributed by atoms with van der Waals surface area (Å²) in [4.78, 5) is 12.6. The van der Waals surface area contributed by atoms with Crippen LogP contribution in [0, 0.1) is 0 Å². The highest BCUT2D eigenvalue weighted by Gasteiger charge is 2.28. The number of benzene rings is 1. The number of nitrogens with zero attached hydrogens (tertiary/aromatic N) is 2. The van der Waals surface area contributed by atoms with Gasteiger partial charge in [-0.2, -0.15) is 0 Å². The van der Waals surface area contributed by atoms with Crippen LogP contribution in [0.4, 0.5) is 4.79 Å². The molecule has 2 aliphatic rings. The zero-order valence-electron chi connectivity index (χ0n) is 16.6. The van der Waals surface area contributed by atoms with E-state index in [-0.39, 0.29) is 6.03 Å². The monoisotopic (exact) mass is 402 g/mol. The molecule has 1 aromatic carbocycles. The van der Waals surface area contributed by atoms with Gasteiger partial charge in [-0.05, 0) is 68.4 Å². The van der Waals surface area contributed by atoms with Crippen molar-refractivity contribution >= 4 is 23.4 Å². The third kappa shape index (κ3) is 5.61. The standard InChI is InChI=1S/C21H30N4O2S/c1-27-19-10-8-18(9-11-19)16-23-20(26)24-14-5-15-25(24)21(28)22-13-12-17-6-3-2-4-7-17/h6,8-11H,2-5,7,12-16H2,1H3,(H,22,28)(H,23,26). The zero-order chi connectivity index (χ0) is 19.8. The fourth-order valence-corrected chi connectivity index (χ4v) is 3.89. The van der Waals surface area contributed by atoms with E-state index in [2.05, 4.69) is 16.7 Å². The van der Waals surface area contributed by atoms with Crippen molar-refractivity contribution in [3.8, 4) is 5.75 Å². The van der Waals surface area contributed by atoms with Crippen LogP contribution in [0.15, 0.2) is 35.9 Å². The van der Waals surface area contributed by atoms with E-state index in [1.54, 1.807) is 12.1 Å². The number of rotatable bonds is 6. The van der Waals surface area contributed by atoms with Crippen molar-refractivity contribution < 1.29 is 9.53 Å². The van der Waals surface area contributed by atoms with Gasteiger partial charge in [0.1, 0.15) is 5.75 Å². The molecule has 0 saturated carbocycles. The Kier molecular flexibility index (Phi) is 7.54. The van der Waals surface area contributed by atoms with Gasteiger partial charge in [0.2, 0.25) is 0 Å². The van der Waals surface area contributed by atoms with Crippen LogP contribution in [-0.2, 0) is 6.54 Å². The number of amides is 2. The minimum absolute atomic E-state index is 0.118.